The molecule has 1 atom stereocenters. The van der Waals surface area contributed by atoms with Crippen molar-refractivity contribution in [2.75, 3.05) is 14.1 Å². The number of thiophene rings is 1. The molecule has 31 heavy (non-hydrogen) atoms. The SMILES string of the molecule is CCCC(NC(=O)c1ccc(-c2ccc(=O)n(CC(=O)N(C)C)n2)cc1)c1cccs1. The molecule has 8 heteroatoms. The number of benzene rings is 1. The number of likely N-dealkylation sites (N-methyl/N-ethyl adjacent to an activating group) is 1. The number of hydrogen-bond acceptors (Lipinski definition) is 5. The van der Waals surface area contributed by atoms with Crippen LogP contribution in [0.25, 0.3) is 11.3 Å². The lowest BCUT2D eigenvalue weighted by atomic mass is 10.1. The molecule has 0 spiro atoms. The van der Waals surface area contributed by atoms with Crippen LogP contribution in [0.4, 0.5) is 0 Å². The van der Waals surface area contributed by atoms with Crippen LogP contribution in [-0.2, 0) is 11.3 Å². The van der Waals surface area contributed by atoms with Crippen molar-refractivity contribution in [3.8, 4) is 11.3 Å². The molecule has 0 saturated heterocycles. The average Bonchev–Trinajstić information content (AvgIpc) is 3.30. The zero-order valence-corrected chi connectivity index (χ0v) is 18.7. The monoisotopic (exact) mass is 438 g/mol. The molecule has 0 saturated carbocycles. The van der Waals surface area contributed by atoms with Crippen LogP contribution in [0, 0.1) is 0 Å². The molecule has 1 N–H and O–H groups in total. The molecule has 162 valence electrons. The number of hydrogen-bond donors (Lipinski definition) is 1. The van der Waals surface area contributed by atoms with Crippen molar-refractivity contribution >= 4 is 23.2 Å². The van der Waals surface area contributed by atoms with Crippen LogP contribution in [0.2, 0.25) is 0 Å². The highest BCUT2D eigenvalue weighted by atomic mass is 32.1. The second-order valence-corrected chi connectivity index (χ2v) is 8.39. The van der Waals surface area contributed by atoms with Gasteiger partial charge < -0.3 is 10.2 Å². The van der Waals surface area contributed by atoms with Crippen molar-refractivity contribution in [2.24, 2.45) is 0 Å². The van der Waals surface area contributed by atoms with Crippen molar-refractivity contribution in [2.45, 2.75) is 32.4 Å². The Kier molecular flexibility index (Phi) is 7.36. The summed E-state index contributed by atoms with van der Waals surface area (Å²) in [5, 5.41) is 9.43. The van der Waals surface area contributed by atoms with E-state index < -0.39 is 0 Å². The van der Waals surface area contributed by atoms with Gasteiger partial charge in [-0.2, -0.15) is 5.10 Å². The molecule has 0 aliphatic heterocycles. The summed E-state index contributed by atoms with van der Waals surface area (Å²) in [7, 11) is 3.26. The van der Waals surface area contributed by atoms with Gasteiger partial charge in [0.1, 0.15) is 6.54 Å². The molecule has 0 fully saturated rings. The topological polar surface area (TPSA) is 84.3 Å². The lowest BCUT2D eigenvalue weighted by Crippen LogP contribution is -2.32. The Morgan fingerprint density at radius 1 is 1.13 bits per heavy atom. The molecule has 1 aromatic carbocycles. The first-order valence-corrected chi connectivity index (χ1v) is 11.0. The quantitative estimate of drug-likeness (QED) is 0.585. The maximum absolute atomic E-state index is 12.7. The molecule has 0 bridgehead atoms. The molecule has 0 radical (unpaired) electrons. The van der Waals surface area contributed by atoms with Crippen LogP contribution in [0.3, 0.4) is 0 Å². The smallest absolute Gasteiger partial charge is 0.267 e. The van der Waals surface area contributed by atoms with Gasteiger partial charge in [-0.05, 0) is 36.1 Å². The lowest BCUT2D eigenvalue weighted by molar-refractivity contribution is -0.129. The summed E-state index contributed by atoms with van der Waals surface area (Å²) in [4.78, 5) is 39.3. The molecule has 0 aliphatic rings. The van der Waals surface area contributed by atoms with E-state index in [0.717, 1.165) is 28.0 Å². The number of nitrogens with one attached hydrogen (secondary N) is 1. The Labute approximate surface area is 185 Å². The number of nitrogens with zero attached hydrogens (tertiary/aromatic N) is 3. The van der Waals surface area contributed by atoms with E-state index in [0.29, 0.717) is 11.3 Å². The van der Waals surface area contributed by atoms with Crippen molar-refractivity contribution in [1.82, 2.24) is 20.0 Å². The van der Waals surface area contributed by atoms with E-state index in [4.69, 9.17) is 0 Å². The zero-order valence-electron chi connectivity index (χ0n) is 17.9. The molecule has 7 nitrogen and oxygen atoms in total. The largest absolute Gasteiger partial charge is 0.347 e. The normalized spacial score (nSPS) is 11.7. The first-order chi connectivity index (χ1) is 14.9. The van der Waals surface area contributed by atoms with E-state index in [1.807, 2.05) is 17.5 Å². The average molecular weight is 439 g/mol. The summed E-state index contributed by atoms with van der Waals surface area (Å²) in [6, 6.07) is 14.1. The highest BCUT2D eigenvalue weighted by Crippen LogP contribution is 2.24. The summed E-state index contributed by atoms with van der Waals surface area (Å²) in [6.07, 6.45) is 1.85. The molecule has 1 unspecified atom stereocenters. The molecular formula is C23H26N4O3S. The van der Waals surface area contributed by atoms with Crippen LogP contribution in [0.5, 0.6) is 0 Å². The van der Waals surface area contributed by atoms with Gasteiger partial charge in [0.25, 0.3) is 11.5 Å². The Balaban J connectivity index is 1.76. The fourth-order valence-corrected chi connectivity index (χ4v) is 3.90. The molecule has 2 heterocycles. The standard InChI is InChI=1S/C23H26N4O3S/c1-4-6-19(20-7-5-14-31-20)24-23(30)17-10-8-16(9-11-17)18-12-13-21(28)27(25-18)15-22(29)26(2)3/h5,7-14,19H,4,6,15H2,1-3H3,(H,24,30). The van der Waals surface area contributed by atoms with E-state index in [-0.39, 0.29) is 30.0 Å². The van der Waals surface area contributed by atoms with Gasteiger partial charge in [0, 0.05) is 36.2 Å². The fraction of sp³-hybridized carbons (Fsp3) is 0.304. The van der Waals surface area contributed by atoms with Gasteiger partial charge in [-0.15, -0.1) is 11.3 Å². The molecule has 3 aromatic rings. The number of carbonyl (C=O) groups excluding carboxylic acids is 2. The van der Waals surface area contributed by atoms with E-state index in [2.05, 4.69) is 17.3 Å². The number of aromatic nitrogens is 2. The van der Waals surface area contributed by atoms with E-state index >= 15 is 0 Å². The lowest BCUT2D eigenvalue weighted by Gasteiger charge is -2.17. The summed E-state index contributed by atoms with van der Waals surface area (Å²) >= 11 is 1.64. The third-order valence-corrected chi connectivity index (χ3v) is 5.85. The summed E-state index contributed by atoms with van der Waals surface area (Å²) < 4.78 is 1.15. The molecule has 2 amide bonds. The van der Waals surface area contributed by atoms with Gasteiger partial charge in [-0.1, -0.05) is 31.5 Å². The van der Waals surface area contributed by atoms with Gasteiger partial charge >= 0.3 is 0 Å². The zero-order chi connectivity index (χ0) is 22.4. The van der Waals surface area contributed by atoms with Gasteiger partial charge in [-0.25, -0.2) is 4.68 Å². The second-order valence-electron chi connectivity index (χ2n) is 7.41. The number of amides is 2. The first kappa shape index (κ1) is 22.4. The van der Waals surface area contributed by atoms with Gasteiger partial charge in [0.2, 0.25) is 5.91 Å². The van der Waals surface area contributed by atoms with Crippen molar-refractivity contribution in [3.05, 3.63) is 74.7 Å². The van der Waals surface area contributed by atoms with E-state index in [1.165, 1.54) is 11.0 Å². The molecular weight excluding hydrogens is 412 g/mol. The van der Waals surface area contributed by atoms with Gasteiger partial charge in [-0.3, -0.25) is 14.4 Å². The van der Waals surface area contributed by atoms with Crippen LogP contribution in [0.15, 0.2) is 58.7 Å². The van der Waals surface area contributed by atoms with Crippen LogP contribution in [-0.4, -0.2) is 40.6 Å². The maximum atomic E-state index is 12.7. The second kappa shape index (κ2) is 10.2. The Morgan fingerprint density at radius 2 is 1.87 bits per heavy atom. The number of rotatable bonds is 8. The molecule has 2 aromatic heterocycles. The highest BCUT2D eigenvalue weighted by Gasteiger charge is 2.16. The Hall–Kier alpha value is -3.26. The van der Waals surface area contributed by atoms with Crippen LogP contribution >= 0.6 is 11.3 Å². The highest BCUT2D eigenvalue weighted by molar-refractivity contribution is 7.10. The Bertz CT molecular complexity index is 1090. The van der Waals surface area contributed by atoms with Gasteiger partial charge in [0.05, 0.1) is 11.7 Å². The first-order valence-electron chi connectivity index (χ1n) is 10.1. The van der Waals surface area contributed by atoms with Crippen molar-refractivity contribution in [1.29, 1.82) is 0 Å². The number of carbonyl (C=O) groups is 2. The van der Waals surface area contributed by atoms with E-state index in [1.54, 1.807) is 55.8 Å². The minimum absolute atomic E-state index is 0.00312. The predicted octanol–water partition coefficient (Wildman–Crippen LogP) is 3.33. The predicted molar refractivity (Wildman–Crippen MR) is 122 cm³/mol. The van der Waals surface area contributed by atoms with Crippen LogP contribution < -0.4 is 10.9 Å². The third kappa shape index (κ3) is 5.67. The summed E-state index contributed by atoms with van der Waals surface area (Å²) in [5.74, 6) is -0.348. The van der Waals surface area contributed by atoms with Crippen molar-refractivity contribution in [3.63, 3.8) is 0 Å². The van der Waals surface area contributed by atoms with Gasteiger partial charge in [0.15, 0.2) is 0 Å². The third-order valence-electron chi connectivity index (χ3n) is 4.86. The maximum Gasteiger partial charge on any atom is 0.267 e. The van der Waals surface area contributed by atoms with Crippen molar-refractivity contribution < 1.29 is 9.59 Å². The minimum atomic E-state index is -0.342. The van der Waals surface area contributed by atoms with E-state index in [9.17, 15) is 14.4 Å². The minimum Gasteiger partial charge on any atom is -0.347 e. The Morgan fingerprint density at radius 3 is 2.48 bits per heavy atom. The van der Waals surface area contributed by atoms with Crippen LogP contribution in [0.1, 0.15) is 41.0 Å². The fourth-order valence-electron chi connectivity index (χ4n) is 3.08. The molecule has 3 rings (SSSR count). The summed E-state index contributed by atoms with van der Waals surface area (Å²) in [5.41, 5.74) is 1.52. The molecule has 0 aliphatic carbocycles. The summed E-state index contributed by atoms with van der Waals surface area (Å²) in [6.45, 7) is 1.97.